The number of methoxy groups -OCH3 is 2. The molecule has 0 spiro atoms. The van der Waals surface area contributed by atoms with Gasteiger partial charge in [0.05, 0.1) is 29.7 Å². The van der Waals surface area contributed by atoms with Crippen LogP contribution in [0.5, 0.6) is 11.5 Å². The Bertz CT molecular complexity index is 1110. The Kier molecular flexibility index (Phi) is 6.06. The molecule has 158 valence electrons. The van der Waals surface area contributed by atoms with Crippen LogP contribution < -0.4 is 14.2 Å². The van der Waals surface area contributed by atoms with E-state index in [0.717, 1.165) is 12.8 Å². The van der Waals surface area contributed by atoms with E-state index < -0.39 is 20.0 Å². The minimum Gasteiger partial charge on any atom is -0.496 e. The van der Waals surface area contributed by atoms with Gasteiger partial charge in [-0.1, -0.05) is 0 Å². The van der Waals surface area contributed by atoms with Crippen molar-refractivity contribution in [1.29, 1.82) is 0 Å². The van der Waals surface area contributed by atoms with E-state index in [1.807, 2.05) is 0 Å². The molecule has 8 nitrogen and oxygen atoms in total. The molecule has 0 radical (unpaired) electrons. The van der Waals surface area contributed by atoms with Crippen LogP contribution in [0.2, 0.25) is 0 Å². The predicted octanol–water partition coefficient (Wildman–Crippen LogP) is 2.60. The Labute approximate surface area is 171 Å². The third-order valence-electron chi connectivity index (χ3n) is 4.79. The van der Waals surface area contributed by atoms with Crippen molar-refractivity contribution < 1.29 is 26.3 Å². The second-order valence-corrected chi connectivity index (χ2v) is 10.3. The first-order chi connectivity index (χ1) is 13.7. The molecule has 0 bridgehead atoms. The maximum atomic E-state index is 12.9. The number of rotatable bonds is 7. The topological polar surface area (TPSA) is 102 Å². The van der Waals surface area contributed by atoms with Gasteiger partial charge in [0.1, 0.15) is 11.5 Å². The summed E-state index contributed by atoms with van der Waals surface area (Å²) < 4.78 is 65.6. The van der Waals surface area contributed by atoms with Crippen LogP contribution in [0.25, 0.3) is 0 Å². The molecule has 2 aromatic rings. The molecule has 2 aromatic carbocycles. The summed E-state index contributed by atoms with van der Waals surface area (Å²) in [5.74, 6) is 0.791. The zero-order chi connectivity index (χ0) is 21.2. The molecular weight excluding hydrogens is 416 g/mol. The molecule has 1 saturated heterocycles. The molecule has 0 aliphatic carbocycles. The van der Waals surface area contributed by atoms with E-state index in [1.54, 1.807) is 13.0 Å². The lowest BCUT2D eigenvalue weighted by Gasteiger charge is -2.18. The van der Waals surface area contributed by atoms with Gasteiger partial charge in [0, 0.05) is 13.1 Å². The molecule has 10 heteroatoms. The van der Waals surface area contributed by atoms with Crippen LogP contribution in [0.3, 0.4) is 0 Å². The van der Waals surface area contributed by atoms with Gasteiger partial charge in [-0.05, 0) is 61.7 Å². The van der Waals surface area contributed by atoms with Crippen LogP contribution in [0.15, 0.2) is 46.2 Å². The summed E-state index contributed by atoms with van der Waals surface area (Å²) in [4.78, 5) is 0.0504. The molecule has 0 amide bonds. The van der Waals surface area contributed by atoms with Crippen LogP contribution in [0.1, 0.15) is 18.4 Å². The normalized spacial score (nSPS) is 15.3. The van der Waals surface area contributed by atoms with Crippen molar-refractivity contribution in [1.82, 2.24) is 4.31 Å². The van der Waals surface area contributed by atoms with Crippen molar-refractivity contribution in [3.8, 4) is 11.5 Å². The monoisotopic (exact) mass is 440 g/mol. The third kappa shape index (κ3) is 4.34. The summed E-state index contributed by atoms with van der Waals surface area (Å²) in [7, 11) is -4.77. The van der Waals surface area contributed by atoms with E-state index >= 15 is 0 Å². The zero-order valence-corrected chi connectivity index (χ0v) is 18.1. The highest BCUT2D eigenvalue weighted by Crippen LogP contribution is 2.32. The highest BCUT2D eigenvalue weighted by molar-refractivity contribution is 7.92. The van der Waals surface area contributed by atoms with Crippen molar-refractivity contribution in [2.75, 3.05) is 32.0 Å². The van der Waals surface area contributed by atoms with E-state index in [0.29, 0.717) is 24.4 Å². The first kappa shape index (κ1) is 21.4. The van der Waals surface area contributed by atoms with Gasteiger partial charge in [-0.2, -0.15) is 4.31 Å². The van der Waals surface area contributed by atoms with E-state index in [1.165, 1.54) is 48.9 Å². The van der Waals surface area contributed by atoms with E-state index in [9.17, 15) is 16.8 Å². The van der Waals surface area contributed by atoms with Gasteiger partial charge in [0.2, 0.25) is 10.0 Å². The lowest BCUT2D eigenvalue weighted by Crippen LogP contribution is -2.28. The van der Waals surface area contributed by atoms with Gasteiger partial charge < -0.3 is 9.47 Å². The molecule has 1 heterocycles. The average molecular weight is 441 g/mol. The summed E-state index contributed by atoms with van der Waals surface area (Å²) in [5, 5.41) is 0. The number of anilines is 1. The van der Waals surface area contributed by atoms with Gasteiger partial charge in [0.15, 0.2) is 0 Å². The number of hydrogen-bond donors (Lipinski definition) is 1. The summed E-state index contributed by atoms with van der Waals surface area (Å²) in [5.41, 5.74) is 0.717. The number of benzene rings is 2. The lowest BCUT2D eigenvalue weighted by atomic mass is 10.2. The smallest absolute Gasteiger partial charge is 0.262 e. The fraction of sp³-hybridized carbons (Fsp3) is 0.368. The maximum Gasteiger partial charge on any atom is 0.262 e. The van der Waals surface area contributed by atoms with Crippen LogP contribution in [0, 0.1) is 6.92 Å². The summed E-state index contributed by atoms with van der Waals surface area (Å²) >= 11 is 0. The van der Waals surface area contributed by atoms with Crippen molar-refractivity contribution in [2.45, 2.75) is 29.6 Å². The summed E-state index contributed by atoms with van der Waals surface area (Å²) in [6, 6.07) is 8.63. The Morgan fingerprint density at radius 1 is 0.862 bits per heavy atom. The second kappa shape index (κ2) is 8.21. The van der Waals surface area contributed by atoms with Gasteiger partial charge in [-0.3, -0.25) is 4.72 Å². The molecule has 1 aliphatic heterocycles. The van der Waals surface area contributed by atoms with Crippen LogP contribution in [-0.4, -0.2) is 48.4 Å². The number of hydrogen-bond acceptors (Lipinski definition) is 6. The first-order valence-electron chi connectivity index (χ1n) is 9.04. The van der Waals surface area contributed by atoms with Gasteiger partial charge >= 0.3 is 0 Å². The van der Waals surface area contributed by atoms with Crippen LogP contribution in [0.4, 0.5) is 5.69 Å². The number of aryl methyl sites for hydroxylation is 1. The van der Waals surface area contributed by atoms with Gasteiger partial charge in [-0.25, -0.2) is 16.8 Å². The van der Waals surface area contributed by atoms with E-state index in [-0.39, 0.29) is 21.2 Å². The summed E-state index contributed by atoms with van der Waals surface area (Å²) in [6.07, 6.45) is 1.62. The highest BCUT2D eigenvalue weighted by atomic mass is 32.2. The first-order valence-corrected chi connectivity index (χ1v) is 12.0. The lowest BCUT2D eigenvalue weighted by molar-refractivity contribution is 0.411. The fourth-order valence-electron chi connectivity index (χ4n) is 3.23. The van der Waals surface area contributed by atoms with Gasteiger partial charge in [0.25, 0.3) is 10.0 Å². The Morgan fingerprint density at radius 2 is 1.45 bits per heavy atom. The molecule has 29 heavy (non-hydrogen) atoms. The molecule has 0 aromatic heterocycles. The highest BCUT2D eigenvalue weighted by Gasteiger charge is 2.28. The fourth-order valence-corrected chi connectivity index (χ4v) is 5.92. The number of nitrogens with one attached hydrogen (secondary N) is 1. The molecule has 1 aliphatic rings. The Balaban J connectivity index is 1.98. The van der Waals surface area contributed by atoms with E-state index in [4.69, 9.17) is 9.47 Å². The maximum absolute atomic E-state index is 12.9. The second-order valence-electron chi connectivity index (χ2n) is 6.71. The van der Waals surface area contributed by atoms with Crippen LogP contribution >= 0.6 is 0 Å². The minimum absolute atomic E-state index is 0.0174. The molecule has 3 rings (SSSR count). The SMILES string of the molecule is COc1ccc(S(=O)(=O)Nc2cc(S(=O)(=O)N3CCCC3)ccc2OC)cc1C. The molecule has 0 saturated carbocycles. The average Bonchev–Trinajstić information content (AvgIpc) is 3.23. The van der Waals surface area contributed by atoms with Crippen molar-refractivity contribution in [3.05, 3.63) is 42.0 Å². The largest absolute Gasteiger partial charge is 0.496 e. The van der Waals surface area contributed by atoms with Crippen molar-refractivity contribution >= 4 is 25.7 Å². The molecule has 1 fully saturated rings. The molecule has 0 atom stereocenters. The molecule has 0 unspecified atom stereocenters. The number of ether oxygens (including phenoxy) is 2. The van der Waals surface area contributed by atoms with Crippen molar-refractivity contribution in [3.63, 3.8) is 0 Å². The minimum atomic E-state index is -3.97. The van der Waals surface area contributed by atoms with Crippen molar-refractivity contribution in [2.24, 2.45) is 0 Å². The number of nitrogens with zero attached hydrogens (tertiary/aromatic N) is 1. The quantitative estimate of drug-likeness (QED) is 0.710. The zero-order valence-electron chi connectivity index (χ0n) is 16.5. The third-order valence-corrected chi connectivity index (χ3v) is 8.05. The summed E-state index contributed by atoms with van der Waals surface area (Å²) in [6.45, 7) is 2.66. The van der Waals surface area contributed by atoms with Crippen LogP contribution in [-0.2, 0) is 20.0 Å². The Morgan fingerprint density at radius 3 is 2.03 bits per heavy atom. The van der Waals surface area contributed by atoms with E-state index in [2.05, 4.69) is 4.72 Å². The standard InChI is InChI=1S/C19H24N2O6S2/c1-14-12-15(6-8-18(14)26-2)28(22,23)20-17-13-16(7-9-19(17)27-3)29(24,25)21-10-4-5-11-21/h6-9,12-13,20H,4-5,10-11H2,1-3H3. The number of sulfonamides is 2. The van der Waals surface area contributed by atoms with Gasteiger partial charge in [-0.15, -0.1) is 0 Å². The Hall–Kier alpha value is -2.30. The predicted molar refractivity (Wildman–Crippen MR) is 110 cm³/mol. The molecule has 1 N–H and O–H groups in total. The molecular formula is C19H24N2O6S2.